The van der Waals surface area contributed by atoms with E-state index in [4.69, 9.17) is 29.4 Å². The number of hydrogen-bond donors (Lipinski definition) is 8. The first-order chi connectivity index (χ1) is 33.0. The van der Waals surface area contributed by atoms with Crippen LogP contribution in [0.2, 0.25) is 0 Å². The molecule has 0 radical (unpaired) electrons. The average Bonchev–Trinajstić information content (AvgIpc) is 3.68. The number of aliphatic hydroxyl groups is 3. The van der Waals surface area contributed by atoms with Crippen molar-refractivity contribution in [2.75, 3.05) is 27.2 Å². The molecular formula is C43H69N5O21S. The predicted molar refractivity (Wildman–Crippen MR) is 240 cm³/mol. The highest BCUT2D eigenvalue weighted by Gasteiger charge is 2.58. The number of esters is 2. The molecule has 14 atom stereocenters. The molecule has 3 aliphatic rings. The highest BCUT2D eigenvalue weighted by molar-refractivity contribution is 7.80. The van der Waals surface area contributed by atoms with Gasteiger partial charge in [0.2, 0.25) is 5.91 Å². The maximum Gasteiger partial charge on any atom is 0.397 e. The zero-order valence-electron chi connectivity index (χ0n) is 39.7. The van der Waals surface area contributed by atoms with Crippen LogP contribution in [0.15, 0.2) is 21.9 Å². The number of aromatic amines is 1. The van der Waals surface area contributed by atoms with Gasteiger partial charge in [0, 0.05) is 45.2 Å². The fraction of sp³-hybridized carbons (Fsp3) is 0.791. The largest absolute Gasteiger partial charge is 0.481 e. The Labute approximate surface area is 404 Å². The number of rotatable bonds is 28. The lowest BCUT2D eigenvalue weighted by atomic mass is 9.97. The number of nitrogens with two attached hydrogens (primary N) is 1. The van der Waals surface area contributed by atoms with E-state index >= 15 is 0 Å². The number of likely N-dealkylation sites (N-methyl/N-ethyl adjacent to an activating group) is 2. The summed E-state index contributed by atoms with van der Waals surface area (Å²) >= 11 is 0. The number of nitrogens with one attached hydrogen (secondary N) is 1. The molecule has 3 saturated heterocycles. The van der Waals surface area contributed by atoms with Gasteiger partial charge in [-0.3, -0.25) is 43.0 Å². The molecule has 0 bridgehead atoms. The molecule has 1 amide bonds. The summed E-state index contributed by atoms with van der Waals surface area (Å²) in [6.07, 6.45) is -10.0. The van der Waals surface area contributed by atoms with E-state index in [9.17, 15) is 72.1 Å². The molecule has 9 N–H and O–H groups in total. The molecule has 0 spiro atoms. The van der Waals surface area contributed by atoms with Gasteiger partial charge in [0.25, 0.3) is 5.56 Å². The second kappa shape index (κ2) is 26.9. The van der Waals surface area contributed by atoms with Crippen molar-refractivity contribution in [3.63, 3.8) is 0 Å². The Kier molecular flexibility index (Phi) is 22.3. The second-order valence-electron chi connectivity index (χ2n) is 18.2. The Morgan fingerprint density at radius 2 is 1.51 bits per heavy atom. The van der Waals surface area contributed by atoms with Crippen molar-refractivity contribution in [3.05, 3.63) is 33.1 Å². The number of carboxylic acid groups (broad SMARTS) is 2. The molecule has 0 saturated carbocycles. The van der Waals surface area contributed by atoms with Gasteiger partial charge >= 0.3 is 40.0 Å². The molecule has 3 aliphatic heterocycles. The zero-order valence-corrected chi connectivity index (χ0v) is 40.5. The van der Waals surface area contributed by atoms with Crippen LogP contribution in [0.1, 0.15) is 110 Å². The number of H-pyrrole nitrogens is 1. The Morgan fingerprint density at radius 1 is 0.886 bits per heavy atom. The first-order valence-electron chi connectivity index (χ1n) is 23.5. The van der Waals surface area contributed by atoms with E-state index in [2.05, 4.69) is 11.1 Å². The van der Waals surface area contributed by atoms with Crippen LogP contribution in [0.4, 0.5) is 0 Å². The van der Waals surface area contributed by atoms with E-state index in [1.807, 2.05) is 4.98 Å². The minimum atomic E-state index is -5.37. The summed E-state index contributed by atoms with van der Waals surface area (Å²) in [4.78, 5) is 94.2. The molecule has 1 aromatic rings. The maximum atomic E-state index is 14.7. The first-order valence-corrected chi connectivity index (χ1v) is 24.8. The molecule has 70 heavy (non-hydrogen) atoms. The van der Waals surface area contributed by atoms with Crippen LogP contribution in [0, 0.1) is 5.92 Å². The van der Waals surface area contributed by atoms with Crippen LogP contribution in [-0.4, -0.2) is 188 Å². The number of aliphatic hydroxyl groups excluding tert-OH is 3. The van der Waals surface area contributed by atoms with E-state index < -0.39 is 156 Å². The van der Waals surface area contributed by atoms with Crippen molar-refractivity contribution in [1.29, 1.82) is 0 Å². The van der Waals surface area contributed by atoms with Gasteiger partial charge in [-0.15, -0.1) is 0 Å². The molecule has 1 aromatic heterocycles. The van der Waals surface area contributed by atoms with Gasteiger partial charge in [-0.2, -0.15) is 8.42 Å². The number of unbranched alkanes of at least 4 members (excludes halogenated alkanes) is 9. The number of amides is 1. The standard InChI is InChI=1S/C43H69N5O21S/c1-5-6-7-8-9-10-11-12-13-14-15-24(64-29(52)19-23(2)18-28(50)51)20-30(53)65-26-22-46(3)32(39(57)47(4)31(26)41(58)59)36(68-42-38(69-70(61,62)63)33(54)25(21-44)66-42)37-34(55)35(56)40(67-37)48-17-16-27(49)45-43(48)60/h16-17,23-26,31-38,40,42,54-56H,5-15,18-22,44H2,1-4H3,(H,50,51)(H,58,59)(H,45,49,60)(H,61,62,63). The summed E-state index contributed by atoms with van der Waals surface area (Å²) in [5, 5.41) is 53.4. The summed E-state index contributed by atoms with van der Waals surface area (Å²) < 4.78 is 68.0. The van der Waals surface area contributed by atoms with Crippen molar-refractivity contribution in [2.45, 2.75) is 183 Å². The molecule has 398 valence electrons. The van der Waals surface area contributed by atoms with Crippen LogP contribution < -0.4 is 17.0 Å². The van der Waals surface area contributed by atoms with Crippen LogP contribution >= 0.6 is 0 Å². The maximum absolute atomic E-state index is 14.7. The number of carboxylic acids is 2. The quantitative estimate of drug-likeness (QED) is 0.0284. The Morgan fingerprint density at radius 3 is 2.09 bits per heavy atom. The summed E-state index contributed by atoms with van der Waals surface area (Å²) in [5.74, 6) is -6.26. The molecule has 27 heteroatoms. The number of carbonyl (C=O) groups excluding carboxylic acids is 3. The van der Waals surface area contributed by atoms with Crippen LogP contribution in [0.25, 0.3) is 0 Å². The van der Waals surface area contributed by atoms with Gasteiger partial charge in [0.15, 0.2) is 24.7 Å². The molecule has 0 aliphatic carbocycles. The van der Waals surface area contributed by atoms with Crippen molar-refractivity contribution in [2.24, 2.45) is 11.7 Å². The van der Waals surface area contributed by atoms with Gasteiger partial charge in [0.1, 0.15) is 54.9 Å². The van der Waals surface area contributed by atoms with Crippen LogP contribution in [0.5, 0.6) is 0 Å². The van der Waals surface area contributed by atoms with Crippen molar-refractivity contribution in [1.82, 2.24) is 19.4 Å². The van der Waals surface area contributed by atoms with E-state index in [1.165, 1.54) is 19.9 Å². The third-order valence-electron chi connectivity index (χ3n) is 12.5. The third-order valence-corrected chi connectivity index (χ3v) is 13.0. The van der Waals surface area contributed by atoms with Gasteiger partial charge in [-0.25, -0.2) is 13.8 Å². The summed E-state index contributed by atoms with van der Waals surface area (Å²) in [6, 6.07) is -2.88. The molecule has 26 nitrogen and oxygen atoms in total. The lowest BCUT2D eigenvalue weighted by Crippen LogP contribution is -2.60. The van der Waals surface area contributed by atoms with Crippen molar-refractivity contribution < 1.29 is 90.3 Å². The highest BCUT2D eigenvalue weighted by Crippen LogP contribution is 2.37. The first kappa shape index (κ1) is 58.2. The predicted octanol–water partition coefficient (Wildman–Crippen LogP) is -0.975. The third kappa shape index (κ3) is 16.3. The van der Waals surface area contributed by atoms with Gasteiger partial charge < -0.3 is 59.9 Å². The number of aliphatic carboxylic acids is 2. The average molecular weight is 1020 g/mol. The number of nitrogens with zero attached hydrogens (tertiary/aromatic N) is 3. The Balaban J connectivity index is 1.64. The van der Waals surface area contributed by atoms with Crippen LogP contribution in [0.3, 0.4) is 0 Å². The van der Waals surface area contributed by atoms with E-state index in [0.29, 0.717) is 15.9 Å². The smallest absolute Gasteiger partial charge is 0.397 e. The van der Waals surface area contributed by atoms with E-state index in [-0.39, 0.29) is 19.3 Å². The monoisotopic (exact) mass is 1020 g/mol. The van der Waals surface area contributed by atoms with E-state index in [0.717, 1.165) is 69.2 Å². The number of hydrogen-bond acceptors (Lipinski definition) is 20. The SMILES string of the molecule is CCCCCCCCCCCCC(CC(=O)OC1CN(C)C(C(OC2OC(CN)C(O)C2OS(=O)(=O)O)C2OC(n3ccc(=O)[nH]c3=O)C(O)C2O)C(=O)N(C)C1C(=O)O)OC(=O)CC(C)CC(=O)O. The minimum Gasteiger partial charge on any atom is -0.481 e. The lowest BCUT2D eigenvalue weighted by Gasteiger charge is -2.38. The number of carbonyl (C=O) groups is 5. The molecule has 0 aromatic carbocycles. The van der Waals surface area contributed by atoms with E-state index in [1.54, 1.807) is 6.92 Å². The normalized spacial score (nSPS) is 28.8. The summed E-state index contributed by atoms with van der Waals surface area (Å²) in [6.45, 7) is 2.63. The molecular weight excluding hydrogens is 955 g/mol. The minimum absolute atomic E-state index is 0.212. The van der Waals surface area contributed by atoms with Crippen LogP contribution in [-0.2, 0) is 62.2 Å². The molecule has 14 unspecified atom stereocenters. The zero-order chi connectivity index (χ0) is 52.0. The lowest BCUT2D eigenvalue weighted by molar-refractivity contribution is -0.230. The Hall–Kier alpha value is -4.42. The Bertz CT molecular complexity index is 2140. The van der Waals surface area contributed by atoms with Gasteiger partial charge in [-0.05, 0) is 25.8 Å². The van der Waals surface area contributed by atoms with Crippen molar-refractivity contribution in [3.8, 4) is 0 Å². The molecule has 4 heterocycles. The fourth-order valence-corrected chi connectivity index (χ4v) is 9.49. The fourth-order valence-electron chi connectivity index (χ4n) is 9.00. The summed E-state index contributed by atoms with van der Waals surface area (Å²) in [5.41, 5.74) is 3.79. The van der Waals surface area contributed by atoms with Gasteiger partial charge in [0.05, 0.1) is 6.42 Å². The van der Waals surface area contributed by atoms with Gasteiger partial charge in [-0.1, -0.05) is 71.6 Å². The topological polar surface area (TPSA) is 384 Å². The second-order valence-corrected chi connectivity index (χ2v) is 19.2. The number of ether oxygens (including phenoxy) is 5. The number of aromatic nitrogens is 2. The highest BCUT2D eigenvalue weighted by atomic mass is 32.3. The van der Waals surface area contributed by atoms with Crippen molar-refractivity contribution >= 4 is 40.2 Å². The molecule has 4 rings (SSSR count). The molecule has 3 fully saturated rings. The summed E-state index contributed by atoms with van der Waals surface area (Å²) in [7, 11) is -3.06.